The van der Waals surface area contributed by atoms with Crippen molar-refractivity contribution >= 4 is 39.5 Å². The van der Waals surface area contributed by atoms with E-state index in [2.05, 4.69) is 5.32 Å². The van der Waals surface area contributed by atoms with Gasteiger partial charge in [0.05, 0.1) is 4.90 Å². The Bertz CT molecular complexity index is 886. The summed E-state index contributed by atoms with van der Waals surface area (Å²) in [5, 5.41) is 2.73. The molecule has 0 atom stereocenters. The number of amides is 1. The van der Waals surface area contributed by atoms with Crippen molar-refractivity contribution in [3.63, 3.8) is 0 Å². The Morgan fingerprint density at radius 3 is 2.15 bits per heavy atom. The number of benzene rings is 2. The second-order valence-electron chi connectivity index (χ2n) is 5.71. The molecule has 7 heteroatoms. The first kappa shape index (κ1) is 21.2. The van der Waals surface area contributed by atoms with Gasteiger partial charge >= 0.3 is 0 Å². The van der Waals surface area contributed by atoms with E-state index in [0.29, 0.717) is 18.8 Å². The van der Waals surface area contributed by atoms with Crippen LogP contribution in [0.25, 0.3) is 6.08 Å². The van der Waals surface area contributed by atoms with Crippen LogP contribution in [0.5, 0.6) is 0 Å². The molecule has 2 rings (SSSR count). The number of hydrogen-bond acceptors (Lipinski definition) is 4. The summed E-state index contributed by atoms with van der Waals surface area (Å²) in [5.74, 6) is -0.275. The Morgan fingerprint density at radius 1 is 1.04 bits per heavy atom. The van der Waals surface area contributed by atoms with Gasteiger partial charge in [-0.15, -0.1) is 11.8 Å². The normalized spacial score (nSPS) is 11.9. The zero-order chi connectivity index (χ0) is 19.9. The maximum Gasteiger partial charge on any atom is 0.248 e. The van der Waals surface area contributed by atoms with Gasteiger partial charge in [-0.3, -0.25) is 4.79 Å². The third-order valence-electron chi connectivity index (χ3n) is 4.01. The Labute approximate surface area is 165 Å². The number of thioether (sulfide) groups is 1. The monoisotopic (exact) mass is 404 g/mol. The van der Waals surface area contributed by atoms with Gasteiger partial charge in [0.1, 0.15) is 0 Å². The van der Waals surface area contributed by atoms with Gasteiger partial charge in [-0.1, -0.05) is 26.0 Å². The number of carbonyl (C=O) groups is 1. The molecule has 144 valence electrons. The molecule has 1 N–H and O–H groups in total. The van der Waals surface area contributed by atoms with Crippen LogP contribution in [-0.2, 0) is 14.8 Å². The standard InChI is InChI=1S/C20H24N2O3S2/c1-4-22(5-2)27(24,25)19-13-9-17(10-14-19)21-20(23)15-8-16-6-11-18(26-3)12-7-16/h6-15H,4-5H2,1-3H3,(H,21,23)/b15-8+. The highest BCUT2D eigenvalue weighted by atomic mass is 32.2. The van der Waals surface area contributed by atoms with Crippen LogP contribution in [0.3, 0.4) is 0 Å². The molecule has 0 saturated carbocycles. The van der Waals surface area contributed by atoms with Crippen molar-refractivity contribution < 1.29 is 13.2 Å². The van der Waals surface area contributed by atoms with Crippen molar-refractivity contribution in [2.24, 2.45) is 0 Å². The molecule has 0 aliphatic carbocycles. The Morgan fingerprint density at radius 2 is 1.63 bits per heavy atom. The van der Waals surface area contributed by atoms with Crippen LogP contribution in [0.1, 0.15) is 19.4 Å². The number of sulfonamides is 1. The van der Waals surface area contributed by atoms with Crippen LogP contribution < -0.4 is 5.32 Å². The molecule has 0 aliphatic rings. The first-order valence-electron chi connectivity index (χ1n) is 8.64. The minimum atomic E-state index is -3.49. The van der Waals surface area contributed by atoms with Gasteiger partial charge < -0.3 is 5.32 Å². The SMILES string of the molecule is CCN(CC)S(=O)(=O)c1ccc(NC(=O)/C=C/c2ccc(SC)cc2)cc1. The molecule has 0 unspecified atom stereocenters. The molecular weight excluding hydrogens is 380 g/mol. The average Bonchev–Trinajstić information content (AvgIpc) is 2.68. The second kappa shape index (κ2) is 9.73. The molecule has 2 aromatic carbocycles. The molecule has 0 heterocycles. The summed E-state index contributed by atoms with van der Waals surface area (Å²) < 4.78 is 26.3. The van der Waals surface area contributed by atoms with Crippen molar-refractivity contribution in [2.75, 3.05) is 24.7 Å². The van der Waals surface area contributed by atoms with Crippen LogP contribution >= 0.6 is 11.8 Å². The third-order valence-corrected chi connectivity index (χ3v) is 6.82. The number of rotatable bonds is 8. The maximum absolute atomic E-state index is 12.5. The minimum absolute atomic E-state index is 0.216. The van der Waals surface area contributed by atoms with E-state index in [1.807, 2.05) is 30.5 Å². The number of nitrogens with zero attached hydrogens (tertiary/aromatic N) is 1. The first-order chi connectivity index (χ1) is 12.9. The molecule has 0 aromatic heterocycles. The topological polar surface area (TPSA) is 66.5 Å². The lowest BCUT2D eigenvalue weighted by Gasteiger charge is -2.18. The van der Waals surface area contributed by atoms with Gasteiger partial charge in [-0.25, -0.2) is 8.42 Å². The number of hydrogen-bond donors (Lipinski definition) is 1. The lowest BCUT2D eigenvalue weighted by molar-refractivity contribution is -0.111. The van der Waals surface area contributed by atoms with Gasteiger partial charge in [-0.2, -0.15) is 4.31 Å². The fourth-order valence-electron chi connectivity index (χ4n) is 2.49. The summed E-state index contributed by atoms with van der Waals surface area (Å²) in [6.45, 7) is 4.44. The van der Waals surface area contributed by atoms with Crippen molar-refractivity contribution in [3.05, 3.63) is 60.2 Å². The summed E-state index contributed by atoms with van der Waals surface area (Å²) in [6.07, 6.45) is 5.20. The quantitative estimate of drug-likeness (QED) is 0.532. The van der Waals surface area contributed by atoms with Crippen LogP contribution in [0.4, 0.5) is 5.69 Å². The lowest BCUT2D eigenvalue weighted by Crippen LogP contribution is -2.30. The average molecular weight is 405 g/mol. The fraction of sp³-hybridized carbons (Fsp3) is 0.250. The van der Waals surface area contributed by atoms with E-state index in [0.717, 1.165) is 10.5 Å². The van der Waals surface area contributed by atoms with Gasteiger partial charge in [0.25, 0.3) is 0 Å². The number of carbonyl (C=O) groups excluding carboxylic acids is 1. The molecular formula is C20H24N2O3S2. The molecule has 0 saturated heterocycles. The second-order valence-corrected chi connectivity index (χ2v) is 8.53. The van der Waals surface area contributed by atoms with Gasteiger partial charge in [0.15, 0.2) is 0 Å². The van der Waals surface area contributed by atoms with E-state index < -0.39 is 10.0 Å². The third kappa shape index (κ3) is 5.69. The summed E-state index contributed by atoms with van der Waals surface area (Å²) in [5.41, 5.74) is 1.48. The molecule has 0 aliphatic heterocycles. The van der Waals surface area contributed by atoms with Crippen LogP contribution in [-0.4, -0.2) is 38.0 Å². The molecule has 0 spiro atoms. The molecule has 0 bridgehead atoms. The predicted molar refractivity (Wildman–Crippen MR) is 112 cm³/mol. The van der Waals surface area contributed by atoms with E-state index in [1.165, 1.54) is 22.5 Å². The van der Waals surface area contributed by atoms with E-state index in [-0.39, 0.29) is 10.8 Å². The minimum Gasteiger partial charge on any atom is -0.323 e. The predicted octanol–water partition coefficient (Wildman–Crippen LogP) is 4.09. The van der Waals surface area contributed by atoms with Crippen molar-refractivity contribution in [1.82, 2.24) is 4.31 Å². The summed E-state index contributed by atoms with van der Waals surface area (Å²) in [4.78, 5) is 13.4. The molecule has 1 amide bonds. The first-order valence-corrected chi connectivity index (χ1v) is 11.3. The Kier molecular flexibility index (Phi) is 7.65. The van der Waals surface area contributed by atoms with Crippen molar-refractivity contribution in [1.29, 1.82) is 0 Å². The van der Waals surface area contributed by atoms with Crippen LogP contribution in [0, 0.1) is 0 Å². The highest BCUT2D eigenvalue weighted by Gasteiger charge is 2.21. The van der Waals surface area contributed by atoms with Gasteiger partial charge in [0, 0.05) is 29.7 Å². The number of anilines is 1. The number of nitrogens with one attached hydrogen (secondary N) is 1. The fourth-order valence-corrected chi connectivity index (χ4v) is 4.36. The molecule has 2 aromatic rings. The van der Waals surface area contributed by atoms with Crippen molar-refractivity contribution in [3.8, 4) is 0 Å². The summed E-state index contributed by atoms with van der Waals surface area (Å²) in [7, 11) is -3.49. The highest BCUT2D eigenvalue weighted by Crippen LogP contribution is 2.19. The van der Waals surface area contributed by atoms with Crippen molar-refractivity contribution in [2.45, 2.75) is 23.6 Å². The maximum atomic E-state index is 12.5. The summed E-state index contributed by atoms with van der Waals surface area (Å²) >= 11 is 1.66. The summed E-state index contributed by atoms with van der Waals surface area (Å²) in [6, 6.07) is 14.1. The van der Waals surface area contributed by atoms with E-state index in [4.69, 9.17) is 0 Å². The largest absolute Gasteiger partial charge is 0.323 e. The molecule has 0 fully saturated rings. The zero-order valence-corrected chi connectivity index (χ0v) is 17.3. The van der Waals surface area contributed by atoms with Crippen LogP contribution in [0.15, 0.2) is 64.4 Å². The lowest BCUT2D eigenvalue weighted by atomic mass is 10.2. The smallest absolute Gasteiger partial charge is 0.248 e. The Balaban J connectivity index is 2.03. The van der Waals surface area contributed by atoms with E-state index in [9.17, 15) is 13.2 Å². The van der Waals surface area contributed by atoms with Gasteiger partial charge in [-0.05, 0) is 54.3 Å². The van der Waals surface area contributed by atoms with Crippen LogP contribution in [0.2, 0.25) is 0 Å². The molecule has 27 heavy (non-hydrogen) atoms. The molecule has 0 radical (unpaired) electrons. The van der Waals surface area contributed by atoms with Gasteiger partial charge in [0.2, 0.25) is 15.9 Å². The highest BCUT2D eigenvalue weighted by molar-refractivity contribution is 7.98. The Hall–Kier alpha value is -2.09. The zero-order valence-electron chi connectivity index (χ0n) is 15.7. The molecule has 5 nitrogen and oxygen atoms in total. The van der Waals surface area contributed by atoms with E-state index >= 15 is 0 Å². The van der Waals surface area contributed by atoms with E-state index in [1.54, 1.807) is 43.8 Å².